The van der Waals surface area contributed by atoms with Crippen LogP contribution in [0.3, 0.4) is 0 Å². The summed E-state index contributed by atoms with van der Waals surface area (Å²) in [6, 6.07) is -1.38. The van der Waals surface area contributed by atoms with E-state index in [0.717, 1.165) is 32.7 Å². The molecule has 1 aliphatic rings. The minimum absolute atomic E-state index is 0.247. The minimum Gasteiger partial charge on any atom is -0.480 e. The van der Waals surface area contributed by atoms with Crippen LogP contribution < -0.4 is 16.0 Å². The van der Waals surface area contributed by atoms with Crippen molar-refractivity contribution in [3.63, 3.8) is 0 Å². The SMILES string of the molecule is COCCC(NC(=O)NCCN1CCNCC1)C(=O)O. The Labute approximate surface area is 118 Å². The van der Waals surface area contributed by atoms with Crippen LogP contribution in [0.4, 0.5) is 4.79 Å². The quantitative estimate of drug-likeness (QED) is 0.442. The summed E-state index contributed by atoms with van der Waals surface area (Å²) in [6.07, 6.45) is 0.247. The zero-order valence-corrected chi connectivity index (χ0v) is 11.9. The topological polar surface area (TPSA) is 103 Å². The van der Waals surface area contributed by atoms with Crippen LogP contribution in [0.2, 0.25) is 0 Å². The molecule has 0 saturated carbocycles. The maximum atomic E-state index is 11.6. The van der Waals surface area contributed by atoms with Crippen molar-refractivity contribution in [1.29, 1.82) is 0 Å². The molecule has 1 heterocycles. The number of methoxy groups -OCH3 is 1. The van der Waals surface area contributed by atoms with Crippen molar-refractivity contribution in [3.8, 4) is 0 Å². The zero-order valence-electron chi connectivity index (χ0n) is 11.9. The molecule has 8 nitrogen and oxygen atoms in total. The summed E-state index contributed by atoms with van der Waals surface area (Å²) in [5, 5.41) is 17.3. The molecule has 0 aliphatic carbocycles. The van der Waals surface area contributed by atoms with E-state index in [4.69, 9.17) is 9.84 Å². The molecule has 1 aliphatic heterocycles. The normalized spacial score (nSPS) is 17.4. The van der Waals surface area contributed by atoms with Crippen LogP contribution in [-0.2, 0) is 9.53 Å². The number of carbonyl (C=O) groups is 2. The van der Waals surface area contributed by atoms with E-state index < -0.39 is 18.0 Å². The van der Waals surface area contributed by atoms with Crippen molar-refractivity contribution in [1.82, 2.24) is 20.9 Å². The van der Waals surface area contributed by atoms with Crippen molar-refractivity contribution < 1.29 is 19.4 Å². The number of hydrogen-bond acceptors (Lipinski definition) is 5. The number of carboxylic acids is 1. The van der Waals surface area contributed by atoms with Crippen molar-refractivity contribution in [2.24, 2.45) is 0 Å². The first-order valence-corrected chi connectivity index (χ1v) is 6.82. The molecular formula is C12H24N4O4. The third-order valence-electron chi connectivity index (χ3n) is 3.14. The molecule has 1 rings (SSSR count). The van der Waals surface area contributed by atoms with Gasteiger partial charge in [0.1, 0.15) is 6.04 Å². The summed E-state index contributed by atoms with van der Waals surface area (Å²) >= 11 is 0. The maximum absolute atomic E-state index is 11.6. The van der Waals surface area contributed by atoms with Crippen molar-refractivity contribution >= 4 is 12.0 Å². The molecule has 1 unspecified atom stereocenters. The summed E-state index contributed by atoms with van der Waals surface area (Å²) in [5.74, 6) is -1.06. The van der Waals surface area contributed by atoms with E-state index in [1.54, 1.807) is 0 Å². The number of carbonyl (C=O) groups excluding carboxylic acids is 1. The van der Waals surface area contributed by atoms with Gasteiger partial charge in [0, 0.05) is 59.4 Å². The molecule has 0 aromatic rings. The molecular weight excluding hydrogens is 264 g/mol. The molecule has 1 atom stereocenters. The van der Waals surface area contributed by atoms with E-state index >= 15 is 0 Å². The predicted octanol–water partition coefficient (Wildman–Crippen LogP) is -1.32. The van der Waals surface area contributed by atoms with Crippen molar-refractivity contribution in [2.45, 2.75) is 12.5 Å². The largest absolute Gasteiger partial charge is 0.480 e. The van der Waals surface area contributed by atoms with Crippen LogP contribution in [0.5, 0.6) is 0 Å². The number of nitrogens with zero attached hydrogens (tertiary/aromatic N) is 1. The van der Waals surface area contributed by atoms with Crippen LogP contribution in [0.15, 0.2) is 0 Å². The van der Waals surface area contributed by atoms with Crippen LogP contribution in [-0.4, -0.2) is 81.0 Å². The van der Waals surface area contributed by atoms with Gasteiger partial charge in [-0.25, -0.2) is 9.59 Å². The van der Waals surface area contributed by atoms with E-state index in [9.17, 15) is 9.59 Å². The van der Waals surface area contributed by atoms with Gasteiger partial charge in [-0.2, -0.15) is 0 Å². The number of aliphatic carboxylic acids is 1. The molecule has 116 valence electrons. The number of urea groups is 1. The highest BCUT2D eigenvalue weighted by atomic mass is 16.5. The second-order valence-electron chi connectivity index (χ2n) is 4.66. The number of piperazine rings is 1. The fourth-order valence-corrected chi connectivity index (χ4v) is 1.96. The molecule has 0 spiro atoms. The van der Waals surface area contributed by atoms with E-state index in [2.05, 4.69) is 20.9 Å². The van der Waals surface area contributed by atoms with Gasteiger partial charge in [0.05, 0.1) is 0 Å². The lowest BCUT2D eigenvalue weighted by molar-refractivity contribution is -0.139. The first-order chi connectivity index (χ1) is 9.63. The Morgan fingerprint density at radius 1 is 1.40 bits per heavy atom. The van der Waals surface area contributed by atoms with Crippen LogP contribution >= 0.6 is 0 Å². The molecule has 0 radical (unpaired) electrons. The monoisotopic (exact) mass is 288 g/mol. The molecule has 1 fully saturated rings. The molecule has 0 aromatic heterocycles. The summed E-state index contributed by atoms with van der Waals surface area (Å²) < 4.78 is 4.82. The average Bonchev–Trinajstić information content (AvgIpc) is 2.44. The van der Waals surface area contributed by atoms with E-state index in [-0.39, 0.29) is 13.0 Å². The smallest absolute Gasteiger partial charge is 0.326 e. The lowest BCUT2D eigenvalue weighted by atomic mass is 10.2. The van der Waals surface area contributed by atoms with Crippen LogP contribution in [0.25, 0.3) is 0 Å². The van der Waals surface area contributed by atoms with Gasteiger partial charge in [-0.15, -0.1) is 0 Å². The molecule has 4 N–H and O–H groups in total. The maximum Gasteiger partial charge on any atom is 0.326 e. The van der Waals surface area contributed by atoms with Crippen LogP contribution in [0.1, 0.15) is 6.42 Å². The van der Waals surface area contributed by atoms with Gasteiger partial charge in [-0.05, 0) is 0 Å². The summed E-state index contributed by atoms with van der Waals surface area (Å²) in [6.45, 7) is 5.42. The van der Waals surface area contributed by atoms with Crippen molar-refractivity contribution in [3.05, 3.63) is 0 Å². The number of ether oxygens (including phenoxy) is 1. The average molecular weight is 288 g/mol. The van der Waals surface area contributed by atoms with Gasteiger partial charge in [-0.3, -0.25) is 4.90 Å². The van der Waals surface area contributed by atoms with Gasteiger partial charge >= 0.3 is 12.0 Å². The van der Waals surface area contributed by atoms with Crippen LogP contribution in [0, 0.1) is 0 Å². The highest BCUT2D eigenvalue weighted by Gasteiger charge is 2.19. The second-order valence-corrected chi connectivity index (χ2v) is 4.66. The molecule has 0 bridgehead atoms. The lowest BCUT2D eigenvalue weighted by Gasteiger charge is -2.27. The summed E-state index contributed by atoms with van der Waals surface area (Å²) in [4.78, 5) is 24.8. The Morgan fingerprint density at radius 3 is 2.70 bits per heavy atom. The third-order valence-corrected chi connectivity index (χ3v) is 3.14. The number of carboxylic acid groups (broad SMARTS) is 1. The fraction of sp³-hybridized carbons (Fsp3) is 0.833. The minimum atomic E-state index is -1.06. The first kappa shape index (κ1) is 16.7. The molecule has 8 heteroatoms. The molecule has 20 heavy (non-hydrogen) atoms. The first-order valence-electron chi connectivity index (χ1n) is 6.82. The Morgan fingerprint density at radius 2 is 2.10 bits per heavy atom. The Kier molecular flexibility index (Phi) is 7.93. The van der Waals surface area contributed by atoms with Gasteiger partial charge in [-0.1, -0.05) is 0 Å². The number of hydrogen-bond donors (Lipinski definition) is 4. The zero-order chi connectivity index (χ0) is 14.8. The lowest BCUT2D eigenvalue weighted by Crippen LogP contribution is -2.49. The fourth-order valence-electron chi connectivity index (χ4n) is 1.96. The summed E-state index contributed by atoms with van der Waals surface area (Å²) in [5.41, 5.74) is 0. The van der Waals surface area contributed by atoms with Gasteiger partial charge in [0.25, 0.3) is 0 Å². The Bertz CT molecular complexity index is 308. The Hall–Kier alpha value is -1.38. The van der Waals surface area contributed by atoms with E-state index in [0.29, 0.717) is 6.54 Å². The Balaban J connectivity index is 2.18. The highest BCUT2D eigenvalue weighted by molar-refractivity contribution is 5.82. The van der Waals surface area contributed by atoms with E-state index in [1.165, 1.54) is 7.11 Å². The van der Waals surface area contributed by atoms with Crippen molar-refractivity contribution in [2.75, 3.05) is 53.0 Å². The molecule has 1 saturated heterocycles. The van der Waals surface area contributed by atoms with Gasteiger partial charge in [0.2, 0.25) is 0 Å². The summed E-state index contributed by atoms with van der Waals surface area (Å²) in [7, 11) is 1.49. The molecule has 2 amide bonds. The highest BCUT2D eigenvalue weighted by Crippen LogP contribution is 1.93. The second kappa shape index (κ2) is 9.51. The van der Waals surface area contributed by atoms with Gasteiger partial charge < -0.3 is 25.8 Å². The standard InChI is InChI=1S/C12H24N4O4/c1-20-9-2-10(11(17)18)15-12(19)14-5-8-16-6-3-13-4-7-16/h10,13H,2-9H2,1H3,(H,17,18)(H2,14,15,19). The third kappa shape index (κ3) is 6.69. The number of rotatable bonds is 8. The number of nitrogens with one attached hydrogen (secondary N) is 3. The molecule has 0 aromatic carbocycles. The predicted molar refractivity (Wildman–Crippen MR) is 73.8 cm³/mol. The number of amides is 2. The van der Waals surface area contributed by atoms with E-state index in [1.807, 2.05) is 0 Å². The van der Waals surface area contributed by atoms with Gasteiger partial charge in [0.15, 0.2) is 0 Å².